The SMILES string of the molecule is c1ccc(-c2ccccc2-c2ccccc2-c2ccccc2N(c2ccc(-c3ccc4c(c3)C3(CCCC3)c3ccccc3-4)cc2)c2ccc(-n3c4ccccc4c4ccccc43)cc2)cc1. The Kier molecular flexibility index (Phi) is 9.39. The molecule has 1 heterocycles. The molecule has 1 aromatic heterocycles. The summed E-state index contributed by atoms with van der Waals surface area (Å²) in [5.41, 5.74) is 22.5. The average molecular weight is 857 g/mol. The number of benzene rings is 10. The number of para-hydroxylation sites is 3. The molecule has 13 rings (SSSR count). The number of hydrogen-bond donors (Lipinski definition) is 0. The lowest BCUT2D eigenvalue weighted by Crippen LogP contribution is -2.20. The molecule has 10 aromatic carbocycles. The van der Waals surface area contributed by atoms with Gasteiger partial charge in [0.2, 0.25) is 0 Å². The first kappa shape index (κ1) is 39.2. The van der Waals surface area contributed by atoms with Crippen molar-refractivity contribution < 1.29 is 0 Å². The lowest BCUT2D eigenvalue weighted by atomic mass is 9.76. The first-order valence-electron chi connectivity index (χ1n) is 23.8. The van der Waals surface area contributed by atoms with E-state index in [-0.39, 0.29) is 5.41 Å². The molecule has 11 aromatic rings. The standard InChI is InChI=1S/C65H48N2/c1-2-18-46(19-3-1)51-20-4-5-21-52(51)53-22-6-7-23-54(53)57-25-9-13-29-62(57)66(49-37-39-50(40-38-49)67-63-30-14-10-26-58(63)59-27-11-15-31-64(59)67)48-35-32-45(33-36-48)47-34-41-56-55-24-8-12-28-60(55)65(61(56)44-47)42-16-17-43-65/h1-15,18-41,44H,16-17,42-43H2. The third-order valence-electron chi connectivity index (χ3n) is 14.8. The van der Waals surface area contributed by atoms with Gasteiger partial charge in [-0.3, -0.25) is 0 Å². The van der Waals surface area contributed by atoms with Crippen LogP contribution in [0.15, 0.2) is 243 Å². The Balaban J connectivity index is 0.952. The summed E-state index contributed by atoms with van der Waals surface area (Å²) in [5, 5.41) is 2.52. The van der Waals surface area contributed by atoms with Crippen molar-refractivity contribution in [1.29, 1.82) is 0 Å². The second kappa shape index (κ2) is 16.0. The van der Waals surface area contributed by atoms with Gasteiger partial charge in [-0.25, -0.2) is 0 Å². The van der Waals surface area contributed by atoms with Crippen LogP contribution < -0.4 is 4.90 Å². The van der Waals surface area contributed by atoms with Crippen LogP contribution >= 0.6 is 0 Å². The Labute approximate surface area is 392 Å². The van der Waals surface area contributed by atoms with Crippen LogP contribution in [0.4, 0.5) is 17.1 Å². The fraction of sp³-hybridized carbons (Fsp3) is 0.0769. The number of rotatable bonds is 8. The number of hydrogen-bond acceptors (Lipinski definition) is 1. The number of anilines is 3. The molecule has 0 saturated heterocycles. The molecule has 318 valence electrons. The molecule has 2 aliphatic carbocycles. The van der Waals surface area contributed by atoms with Crippen molar-refractivity contribution in [3.8, 4) is 61.3 Å². The predicted molar refractivity (Wildman–Crippen MR) is 282 cm³/mol. The van der Waals surface area contributed by atoms with E-state index in [4.69, 9.17) is 0 Å². The van der Waals surface area contributed by atoms with E-state index in [1.54, 1.807) is 0 Å². The zero-order chi connectivity index (χ0) is 44.3. The zero-order valence-corrected chi connectivity index (χ0v) is 37.3. The minimum absolute atomic E-state index is 0.131. The second-order valence-electron chi connectivity index (χ2n) is 18.3. The molecular formula is C65H48N2. The van der Waals surface area contributed by atoms with Gasteiger partial charge in [-0.1, -0.05) is 195 Å². The topological polar surface area (TPSA) is 8.17 Å². The maximum absolute atomic E-state index is 2.51. The normalized spacial score (nSPS) is 13.6. The summed E-state index contributed by atoms with van der Waals surface area (Å²) >= 11 is 0. The van der Waals surface area contributed by atoms with Crippen LogP contribution in [-0.2, 0) is 5.41 Å². The summed E-state index contributed by atoms with van der Waals surface area (Å²) in [7, 11) is 0. The summed E-state index contributed by atoms with van der Waals surface area (Å²) < 4.78 is 2.40. The van der Waals surface area contributed by atoms with Crippen LogP contribution in [0.2, 0.25) is 0 Å². The maximum Gasteiger partial charge on any atom is 0.0541 e. The highest BCUT2D eigenvalue weighted by Crippen LogP contribution is 2.57. The van der Waals surface area contributed by atoms with Gasteiger partial charge in [-0.2, -0.15) is 0 Å². The Morgan fingerprint density at radius 3 is 1.48 bits per heavy atom. The lowest BCUT2D eigenvalue weighted by Gasteiger charge is -2.29. The highest BCUT2D eigenvalue weighted by atomic mass is 15.1. The van der Waals surface area contributed by atoms with Crippen molar-refractivity contribution in [1.82, 2.24) is 4.57 Å². The van der Waals surface area contributed by atoms with Crippen LogP contribution in [0.5, 0.6) is 0 Å². The van der Waals surface area contributed by atoms with Gasteiger partial charge in [-0.05, 0) is 135 Å². The fourth-order valence-corrected chi connectivity index (χ4v) is 11.8. The third kappa shape index (κ3) is 6.39. The van der Waals surface area contributed by atoms with Gasteiger partial charge in [-0.15, -0.1) is 0 Å². The molecular weight excluding hydrogens is 809 g/mol. The Morgan fingerprint density at radius 2 is 0.806 bits per heavy atom. The highest BCUT2D eigenvalue weighted by Gasteiger charge is 2.44. The average Bonchev–Trinajstić information content (AvgIpc) is 4.11. The molecule has 67 heavy (non-hydrogen) atoms. The summed E-state index contributed by atoms with van der Waals surface area (Å²) in [6.07, 6.45) is 5.02. The van der Waals surface area contributed by atoms with Gasteiger partial charge in [0.15, 0.2) is 0 Å². The highest BCUT2D eigenvalue weighted by molar-refractivity contribution is 6.09. The molecule has 1 spiro atoms. The van der Waals surface area contributed by atoms with Crippen LogP contribution in [0.3, 0.4) is 0 Å². The van der Waals surface area contributed by atoms with Crippen LogP contribution in [0.1, 0.15) is 36.8 Å². The zero-order valence-electron chi connectivity index (χ0n) is 37.3. The van der Waals surface area contributed by atoms with Crippen molar-refractivity contribution in [3.63, 3.8) is 0 Å². The van der Waals surface area contributed by atoms with Gasteiger partial charge in [0.1, 0.15) is 0 Å². The minimum atomic E-state index is 0.131. The van der Waals surface area contributed by atoms with Gasteiger partial charge >= 0.3 is 0 Å². The first-order chi connectivity index (χ1) is 33.2. The number of nitrogens with zero attached hydrogens (tertiary/aromatic N) is 2. The summed E-state index contributed by atoms with van der Waals surface area (Å²) in [5.74, 6) is 0. The Morgan fingerprint density at radius 1 is 0.328 bits per heavy atom. The fourth-order valence-electron chi connectivity index (χ4n) is 11.8. The summed E-state index contributed by atoms with van der Waals surface area (Å²) in [4.78, 5) is 2.45. The largest absolute Gasteiger partial charge is 0.310 e. The molecule has 2 heteroatoms. The molecule has 0 aliphatic heterocycles. The van der Waals surface area contributed by atoms with E-state index in [9.17, 15) is 0 Å². The summed E-state index contributed by atoms with van der Waals surface area (Å²) in [6, 6.07) is 89.7. The van der Waals surface area contributed by atoms with Gasteiger partial charge in [0.25, 0.3) is 0 Å². The molecule has 0 atom stereocenters. The van der Waals surface area contributed by atoms with Crippen molar-refractivity contribution in [2.75, 3.05) is 4.90 Å². The molecule has 1 saturated carbocycles. The smallest absolute Gasteiger partial charge is 0.0541 e. The van der Waals surface area contributed by atoms with E-state index in [0.29, 0.717) is 0 Å². The summed E-state index contributed by atoms with van der Waals surface area (Å²) in [6.45, 7) is 0. The predicted octanol–water partition coefficient (Wildman–Crippen LogP) is 17.8. The first-order valence-corrected chi connectivity index (χ1v) is 23.8. The minimum Gasteiger partial charge on any atom is -0.310 e. The van der Waals surface area contributed by atoms with E-state index in [1.807, 2.05) is 0 Å². The molecule has 2 nitrogen and oxygen atoms in total. The van der Waals surface area contributed by atoms with E-state index in [1.165, 1.54) is 109 Å². The molecule has 0 unspecified atom stereocenters. The van der Waals surface area contributed by atoms with Crippen molar-refractivity contribution in [2.24, 2.45) is 0 Å². The molecule has 1 fully saturated rings. The van der Waals surface area contributed by atoms with E-state index in [0.717, 1.165) is 28.3 Å². The molecule has 2 aliphatic rings. The van der Waals surface area contributed by atoms with Gasteiger partial charge in [0.05, 0.1) is 16.7 Å². The van der Waals surface area contributed by atoms with Crippen molar-refractivity contribution in [2.45, 2.75) is 31.1 Å². The molecule has 0 bridgehead atoms. The second-order valence-corrected chi connectivity index (χ2v) is 18.3. The maximum atomic E-state index is 2.51. The van der Waals surface area contributed by atoms with E-state index >= 15 is 0 Å². The van der Waals surface area contributed by atoms with Crippen LogP contribution in [0.25, 0.3) is 83.1 Å². The van der Waals surface area contributed by atoms with Gasteiger partial charge in [0, 0.05) is 38.8 Å². The molecule has 0 amide bonds. The Bertz CT molecular complexity index is 3570. The van der Waals surface area contributed by atoms with Crippen LogP contribution in [0, 0.1) is 0 Å². The van der Waals surface area contributed by atoms with Gasteiger partial charge < -0.3 is 9.47 Å². The quantitative estimate of drug-likeness (QED) is 0.148. The lowest BCUT2D eigenvalue weighted by molar-refractivity contribution is 0.550. The third-order valence-corrected chi connectivity index (χ3v) is 14.8. The van der Waals surface area contributed by atoms with E-state index < -0.39 is 0 Å². The van der Waals surface area contributed by atoms with Crippen LogP contribution in [-0.4, -0.2) is 4.57 Å². The van der Waals surface area contributed by atoms with Crippen molar-refractivity contribution >= 4 is 38.9 Å². The monoisotopic (exact) mass is 856 g/mol. The molecule has 0 radical (unpaired) electrons. The number of aromatic nitrogens is 1. The Hall–Kier alpha value is -8.20. The van der Waals surface area contributed by atoms with E-state index in [2.05, 4.69) is 252 Å². The number of fused-ring (bicyclic) bond motifs is 8. The molecule has 0 N–H and O–H groups in total. The van der Waals surface area contributed by atoms with Crippen molar-refractivity contribution in [3.05, 3.63) is 254 Å².